The lowest BCUT2D eigenvalue weighted by Crippen LogP contribution is -2.36. The van der Waals surface area contributed by atoms with Crippen molar-refractivity contribution in [2.75, 3.05) is 18.4 Å². The molecule has 1 N–H and O–H groups in total. The molecule has 2 atom stereocenters. The Morgan fingerprint density at radius 2 is 1.81 bits per heavy atom. The smallest absolute Gasteiger partial charge is 0.416 e. The van der Waals surface area contributed by atoms with Crippen molar-refractivity contribution in [3.63, 3.8) is 0 Å². The number of halogens is 4. The van der Waals surface area contributed by atoms with Crippen LogP contribution in [0.15, 0.2) is 42.6 Å². The van der Waals surface area contributed by atoms with Crippen molar-refractivity contribution < 1.29 is 31.8 Å². The van der Waals surface area contributed by atoms with Crippen LogP contribution in [0.3, 0.4) is 0 Å². The lowest BCUT2D eigenvalue weighted by atomic mass is 10.1. The summed E-state index contributed by atoms with van der Waals surface area (Å²) in [5, 5.41) is 3.13. The number of alkyl halides is 3. The summed E-state index contributed by atoms with van der Waals surface area (Å²) < 4.78 is 62.8. The van der Waals surface area contributed by atoms with E-state index in [2.05, 4.69) is 10.3 Å². The average Bonchev–Trinajstić information content (AvgIpc) is 3.09. The van der Waals surface area contributed by atoms with E-state index in [9.17, 15) is 22.4 Å². The number of carbonyl (C=O) groups is 1. The second-order valence-corrected chi connectivity index (χ2v) is 8.54. The van der Waals surface area contributed by atoms with Crippen LogP contribution < -0.4 is 5.32 Å². The summed E-state index contributed by atoms with van der Waals surface area (Å²) in [5.74, 6) is -0.0713. The fraction of sp³-hybridized carbons (Fsp3) is 0.455. The van der Waals surface area contributed by atoms with Crippen molar-refractivity contribution in [1.29, 1.82) is 0 Å². The Bertz CT molecular complexity index is 912. The lowest BCUT2D eigenvalue weighted by Gasteiger charge is -2.24. The van der Waals surface area contributed by atoms with Crippen LogP contribution in [0.5, 0.6) is 0 Å². The van der Waals surface area contributed by atoms with Gasteiger partial charge in [0.2, 0.25) is 0 Å². The first-order valence-electron chi connectivity index (χ1n) is 10.0. The van der Waals surface area contributed by atoms with Gasteiger partial charge in [-0.1, -0.05) is 12.1 Å². The average molecular weight is 455 g/mol. The van der Waals surface area contributed by atoms with Crippen LogP contribution in [0.1, 0.15) is 31.9 Å². The number of amides is 1. The number of hydrogen-bond donors (Lipinski definition) is 1. The van der Waals surface area contributed by atoms with Crippen molar-refractivity contribution in [2.45, 2.75) is 51.3 Å². The number of nitrogens with zero attached hydrogens (tertiary/aromatic N) is 2. The molecule has 0 unspecified atom stereocenters. The van der Waals surface area contributed by atoms with Crippen molar-refractivity contribution >= 4 is 11.9 Å². The summed E-state index contributed by atoms with van der Waals surface area (Å²) in [7, 11) is 0. The van der Waals surface area contributed by atoms with Gasteiger partial charge in [-0.15, -0.1) is 0 Å². The fourth-order valence-corrected chi connectivity index (χ4v) is 3.20. The van der Waals surface area contributed by atoms with E-state index in [1.54, 1.807) is 20.8 Å². The molecule has 174 valence electrons. The number of carbonyl (C=O) groups excluding carboxylic acids is 1. The van der Waals surface area contributed by atoms with E-state index in [0.29, 0.717) is 11.4 Å². The van der Waals surface area contributed by atoms with Gasteiger partial charge in [-0.25, -0.2) is 14.2 Å². The van der Waals surface area contributed by atoms with Gasteiger partial charge in [0, 0.05) is 6.54 Å². The third-order valence-electron chi connectivity index (χ3n) is 4.72. The Balaban J connectivity index is 1.69. The normalized spacial score (nSPS) is 19.2. The molecular formula is C22H25F4N3O3. The Kier molecular flexibility index (Phi) is 6.92. The largest absolute Gasteiger partial charge is 0.444 e. The predicted molar refractivity (Wildman–Crippen MR) is 109 cm³/mol. The Morgan fingerprint density at radius 1 is 1.12 bits per heavy atom. The summed E-state index contributed by atoms with van der Waals surface area (Å²) in [6.45, 7) is 5.81. The van der Waals surface area contributed by atoms with E-state index < -0.39 is 35.4 Å². The van der Waals surface area contributed by atoms with Gasteiger partial charge in [0.15, 0.2) is 0 Å². The van der Waals surface area contributed by atoms with Gasteiger partial charge in [0.25, 0.3) is 0 Å². The van der Waals surface area contributed by atoms with Gasteiger partial charge in [-0.2, -0.15) is 13.2 Å². The van der Waals surface area contributed by atoms with Gasteiger partial charge in [-0.3, -0.25) is 0 Å². The minimum absolute atomic E-state index is 0.0555. The highest BCUT2D eigenvalue weighted by atomic mass is 19.4. The molecular weight excluding hydrogens is 430 g/mol. The van der Waals surface area contributed by atoms with E-state index in [0.717, 1.165) is 18.3 Å². The summed E-state index contributed by atoms with van der Waals surface area (Å²) in [5.41, 5.74) is -0.843. The molecule has 1 aliphatic rings. The van der Waals surface area contributed by atoms with E-state index in [4.69, 9.17) is 9.47 Å². The molecule has 1 amide bonds. The standard InChI is InChI=1S/C22H25F4N3O3/c1-21(2,3)32-20(30)29-11-17(28-19-9-8-16(23)10-27-19)18(12-29)31-13-14-4-6-15(7-5-14)22(24,25)26/h4-10,17-18H,11-13H2,1-3H3,(H,27,28)/t17-,18-/m1/s1. The Labute approximate surface area is 183 Å². The Hall–Kier alpha value is -2.88. The van der Waals surface area contributed by atoms with Crippen LogP contribution in [0.4, 0.5) is 28.2 Å². The van der Waals surface area contributed by atoms with Crippen LogP contribution >= 0.6 is 0 Å². The minimum Gasteiger partial charge on any atom is -0.444 e. The van der Waals surface area contributed by atoms with Crippen LogP contribution in [0.25, 0.3) is 0 Å². The Morgan fingerprint density at radius 3 is 2.38 bits per heavy atom. The molecule has 32 heavy (non-hydrogen) atoms. The van der Waals surface area contributed by atoms with E-state index in [1.165, 1.54) is 29.2 Å². The maximum absolute atomic E-state index is 13.2. The number of anilines is 1. The molecule has 1 fully saturated rings. The van der Waals surface area contributed by atoms with Crippen molar-refractivity contribution in [3.8, 4) is 0 Å². The van der Waals surface area contributed by atoms with Crippen LogP contribution in [0, 0.1) is 5.82 Å². The molecule has 2 aromatic rings. The van der Waals surface area contributed by atoms with E-state index in [-0.39, 0.29) is 25.7 Å². The van der Waals surface area contributed by atoms with Crippen molar-refractivity contribution in [2.24, 2.45) is 0 Å². The first-order valence-corrected chi connectivity index (χ1v) is 10.0. The molecule has 3 rings (SSSR count). The highest BCUT2D eigenvalue weighted by Gasteiger charge is 2.38. The summed E-state index contributed by atoms with van der Waals surface area (Å²) >= 11 is 0. The highest BCUT2D eigenvalue weighted by molar-refractivity contribution is 5.69. The van der Waals surface area contributed by atoms with Gasteiger partial charge >= 0.3 is 12.3 Å². The van der Waals surface area contributed by atoms with Crippen LogP contribution in [-0.4, -0.2) is 46.8 Å². The monoisotopic (exact) mass is 455 g/mol. The lowest BCUT2D eigenvalue weighted by molar-refractivity contribution is -0.137. The number of hydrogen-bond acceptors (Lipinski definition) is 5. The van der Waals surface area contributed by atoms with Crippen molar-refractivity contribution in [3.05, 3.63) is 59.5 Å². The quantitative estimate of drug-likeness (QED) is 0.653. The second-order valence-electron chi connectivity index (χ2n) is 8.54. The summed E-state index contributed by atoms with van der Waals surface area (Å²) in [6.07, 6.45) is -4.33. The molecule has 6 nitrogen and oxygen atoms in total. The number of rotatable bonds is 5. The first kappa shape index (κ1) is 23.8. The zero-order valence-corrected chi connectivity index (χ0v) is 17.9. The van der Waals surface area contributed by atoms with Crippen LogP contribution in [0.2, 0.25) is 0 Å². The van der Waals surface area contributed by atoms with E-state index in [1.807, 2.05) is 0 Å². The zero-order chi connectivity index (χ0) is 23.5. The zero-order valence-electron chi connectivity index (χ0n) is 17.9. The number of benzene rings is 1. The second kappa shape index (κ2) is 9.32. The van der Waals surface area contributed by atoms with Crippen molar-refractivity contribution in [1.82, 2.24) is 9.88 Å². The third kappa shape index (κ3) is 6.56. The number of ether oxygens (including phenoxy) is 2. The SMILES string of the molecule is CC(C)(C)OC(=O)N1C[C@@H](Nc2ccc(F)cn2)[C@H](OCc2ccc(C(F)(F)F)cc2)C1. The molecule has 0 bridgehead atoms. The molecule has 10 heteroatoms. The number of pyridine rings is 1. The molecule has 1 saturated heterocycles. The van der Waals surface area contributed by atoms with Gasteiger partial charge < -0.3 is 19.7 Å². The molecule has 2 heterocycles. The fourth-order valence-electron chi connectivity index (χ4n) is 3.20. The predicted octanol–water partition coefficient (Wildman–Crippen LogP) is 4.86. The number of nitrogens with one attached hydrogen (secondary N) is 1. The number of aromatic nitrogens is 1. The van der Waals surface area contributed by atoms with Gasteiger partial charge in [0.05, 0.1) is 37.1 Å². The van der Waals surface area contributed by atoms with Crippen LogP contribution in [-0.2, 0) is 22.3 Å². The van der Waals surface area contributed by atoms with Gasteiger partial charge in [0.1, 0.15) is 17.2 Å². The third-order valence-corrected chi connectivity index (χ3v) is 4.72. The maximum Gasteiger partial charge on any atom is 0.416 e. The van der Waals surface area contributed by atoms with Gasteiger partial charge in [-0.05, 0) is 50.6 Å². The molecule has 0 saturated carbocycles. The first-order chi connectivity index (χ1) is 14.9. The molecule has 1 aromatic heterocycles. The molecule has 0 radical (unpaired) electrons. The maximum atomic E-state index is 13.2. The number of likely N-dealkylation sites (tertiary alicyclic amines) is 1. The topological polar surface area (TPSA) is 63.7 Å². The summed E-state index contributed by atoms with van der Waals surface area (Å²) in [6, 6.07) is 7.05. The summed E-state index contributed by atoms with van der Waals surface area (Å²) in [4.78, 5) is 18.0. The molecule has 1 aromatic carbocycles. The minimum atomic E-state index is -4.41. The molecule has 0 spiro atoms. The van der Waals surface area contributed by atoms with E-state index >= 15 is 0 Å². The molecule has 0 aliphatic carbocycles. The highest BCUT2D eigenvalue weighted by Crippen LogP contribution is 2.29. The molecule has 1 aliphatic heterocycles.